The Morgan fingerprint density at radius 1 is 1.50 bits per heavy atom. The summed E-state index contributed by atoms with van der Waals surface area (Å²) in [6.07, 6.45) is 3.61. The van der Waals surface area contributed by atoms with Gasteiger partial charge in [-0.05, 0) is 31.4 Å². The topological polar surface area (TPSA) is 68.3 Å². The number of aliphatic hydroxyl groups is 1. The standard InChI is InChI=1S/C11H12N2O3/c14-8-4-1-3-7(8)13-10-9(16-11(13)15)5-2-6-12-10/h2,5-8,14H,1,3-4H2/t7-,8-/m0/s1. The number of rotatable bonds is 1. The minimum atomic E-state index is -0.472. The zero-order chi connectivity index (χ0) is 11.1. The van der Waals surface area contributed by atoms with E-state index in [1.165, 1.54) is 4.57 Å². The third kappa shape index (κ3) is 1.28. The zero-order valence-corrected chi connectivity index (χ0v) is 8.67. The molecule has 0 bridgehead atoms. The van der Waals surface area contributed by atoms with Crippen molar-refractivity contribution in [1.82, 2.24) is 9.55 Å². The maximum Gasteiger partial charge on any atom is 0.421 e. The molecule has 0 aliphatic heterocycles. The SMILES string of the molecule is O=c1oc2cccnc2n1[C@H]1CCC[C@@H]1O. The minimum Gasteiger partial charge on any atom is -0.406 e. The van der Waals surface area contributed by atoms with Gasteiger partial charge in [-0.25, -0.2) is 9.78 Å². The number of hydrogen-bond donors (Lipinski definition) is 1. The van der Waals surface area contributed by atoms with E-state index in [9.17, 15) is 9.90 Å². The second-order valence-corrected chi connectivity index (χ2v) is 4.13. The highest BCUT2D eigenvalue weighted by Gasteiger charge is 2.30. The van der Waals surface area contributed by atoms with Gasteiger partial charge in [0, 0.05) is 6.20 Å². The lowest BCUT2D eigenvalue weighted by Gasteiger charge is -2.14. The van der Waals surface area contributed by atoms with Gasteiger partial charge >= 0.3 is 5.76 Å². The first-order valence-electron chi connectivity index (χ1n) is 5.41. The molecule has 1 N–H and O–H groups in total. The van der Waals surface area contributed by atoms with Gasteiger partial charge in [-0.2, -0.15) is 0 Å². The molecule has 5 heteroatoms. The molecule has 0 radical (unpaired) electrons. The largest absolute Gasteiger partial charge is 0.421 e. The molecule has 84 valence electrons. The molecule has 1 fully saturated rings. The third-order valence-electron chi connectivity index (χ3n) is 3.15. The van der Waals surface area contributed by atoms with Crippen LogP contribution in [0.25, 0.3) is 11.2 Å². The van der Waals surface area contributed by atoms with Crippen LogP contribution in [-0.4, -0.2) is 20.8 Å². The van der Waals surface area contributed by atoms with E-state index >= 15 is 0 Å². The highest BCUT2D eigenvalue weighted by atomic mass is 16.4. The minimum absolute atomic E-state index is 0.191. The van der Waals surface area contributed by atoms with Crippen molar-refractivity contribution >= 4 is 11.2 Å². The van der Waals surface area contributed by atoms with Gasteiger partial charge in [0.15, 0.2) is 11.2 Å². The highest BCUT2D eigenvalue weighted by Crippen LogP contribution is 2.30. The Morgan fingerprint density at radius 3 is 3.12 bits per heavy atom. The molecule has 2 aromatic heterocycles. The normalized spacial score (nSPS) is 25.3. The van der Waals surface area contributed by atoms with Crippen molar-refractivity contribution in [1.29, 1.82) is 0 Å². The van der Waals surface area contributed by atoms with Gasteiger partial charge < -0.3 is 9.52 Å². The van der Waals surface area contributed by atoms with Crippen molar-refractivity contribution in [2.75, 3.05) is 0 Å². The van der Waals surface area contributed by atoms with Gasteiger partial charge in [0.05, 0.1) is 12.1 Å². The van der Waals surface area contributed by atoms with Gasteiger partial charge in [0.1, 0.15) is 0 Å². The van der Waals surface area contributed by atoms with E-state index in [4.69, 9.17) is 4.42 Å². The maximum absolute atomic E-state index is 11.7. The fraction of sp³-hybridized carbons (Fsp3) is 0.455. The van der Waals surface area contributed by atoms with Gasteiger partial charge in [-0.1, -0.05) is 0 Å². The first-order chi connectivity index (χ1) is 7.77. The quantitative estimate of drug-likeness (QED) is 0.780. The summed E-state index contributed by atoms with van der Waals surface area (Å²) in [4.78, 5) is 15.9. The Balaban J connectivity index is 2.22. The number of aliphatic hydroxyl groups excluding tert-OH is 1. The molecule has 1 saturated carbocycles. The van der Waals surface area contributed by atoms with E-state index < -0.39 is 11.9 Å². The molecule has 2 atom stereocenters. The molecule has 16 heavy (non-hydrogen) atoms. The predicted octanol–water partition coefficient (Wildman–Crippen LogP) is 1.08. The smallest absolute Gasteiger partial charge is 0.406 e. The summed E-state index contributed by atoms with van der Waals surface area (Å²) in [6.45, 7) is 0. The van der Waals surface area contributed by atoms with Crippen molar-refractivity contribution in [3.63, 3.8) is 0 Å². The first-order valence-corrected chi connectivity index (χ1v) is 5.41. The first kappa shape index (κ1) is 9.59. The van der Waals surface area contributed by atoms with E-state index in [0.717, 1.165) is 19.3 Å². The summed E-state index contributed by atoms with van der Waals surface area (Å²) in [5.74, 6) is -0.431. The molecule has 2 aromatic rings. The van der Waals surface area contributed by atoms with E-state index in [2.05, 4.69) is 4.98 Å². The van der Waals surface area contributed by atoms with Crippen LogP contribution >= 0.6 is 0 Å². The number of fused-ring (bicyclic) bond motifs is 1. The summed E-state index contributed by atoms with van der Waals surface area (Å²) in [6, 6.07) is 3.24. The van der Waals surface area contributed by atoms with E-state index in [-0.39, 0.29) is 6.04 Å². The summed E-state index contributed by atoms with van der Waals surface area (Å²) >= 11 is 0. The second-order valence-electron chi connectivity index (χ2n) is 4.13. The lowest BCUT2D eigenvalue weighted by molar-refractivity contribution is 0.134. The van der Waals surface area contributed by atoms with Gasteiger partial charge in [0.2, 0.25) is 0 Å². The summed E-state index contributed by atoms with van der Waals surface area (Å²) in [7, 11) is 0. The van der Waals surface area contributed by atoms with Crippen LogP contribution in [0.1, 0.15) is 25.3 Å². The molecule has 1 aliphatic carbocycles. The fourth-order valence-corrected chi connectivity index (χ4v) is 2.39. The average molecular weight is 220 g/mol. The molecule has 0 amide bonds. The van der Waals surface area contributed by atoms with Crippen molar-refractivity contribution in [3.8, 4) is 0 Å². The molecule has 0 spiro atoms. The third-order valence-corrected chi connectivity index (χ3v) is 3.15. The summed E-state index contributed by atoms with van der Waals surface area (Å²) in [5, 5.41) is 9.82. The summed E-state index contributed by atoms with van der Waals surface area (Å²) < 4.78 is 6.57. The van der Waals surface area contributed by atoms with Crippen molar-refractivity contribution < 1.29 is 9.52 Å². The molecule has 5 nitrogen and oxygen atoms in total. The van der Waals surface area contributed by atoms with Crippen LogP contribution in [0.2, 0.25) is 0 Å². The Morgan fingerprint density at radius 2 is 2.38 bits per heavy atom. The zero-order valence-electron chi connectivity index (χ0n) is 8.67. The van der Waals surface area contributed by atoms with E-state index in [0.29, 0.717) is 11.2 Å². The number of oxazole rings is 1. The highest BCUT2D eigenvalue weighted by molar-refractivity contribution is 5.67. The van der Waals surface area contributed by atoms with E-state index in [1.54, 1.807) is 18.3 Å². The molecule has 3 rings (SSSR count). The average Bonchev–Trinajstić information content (AvgIpc) is 2.81. The molecular formula is C11H12N2O3. The van der Waals surface area contributed by atoms with E-state index in [1.807, 2.05) is 0 Å². The second kappa shape index (κ2) is 3.45. The van der Waals surface area contributed by atoms with Crippen molar-refractivity contribution in [2.45, 2.75) is 31.4 Å². The monoisotopic (exact) mass is 220 g/mol. The van der Waals surface area contributed by atoms with Crippen LogP contribution < -0.4 is 5.76 Å². The lowest BCUT2D eigenvalue weighted by atomic mass is 10.2. The number of nitrogens with zero attached hydrogens (tertiary/aromatic N) is 2. The molecule has 2 heterocycles. The number of pyridine rings is 1. The molecule has 0 unspecified atom stereocenters. The predicted molar refractivity (Wildman–Crippen MR) is 57.2 cm³/mol. The molecule has 0 saturated heterocycles. The van der Waals surface area contributed by atoms with Crippen molar-refractivity contribution in [2.24, 2.45) is 0 Å². The summed E-state index contributed by atoms with van der Waals surface area (Å²) in [5.41, 5.74) is 1.00. The van der Waals surface area contributed by atoms with Crippen LogP contribution in [0, 0.1) is 0 Å². The number of aromatic nitrogens is 2. The van der Waals surface area contributed by atoms with Gasteiger partial charge in [0.25, 0.3) is 0 Å². The molecular weight excluding hydrogens is 208 g/mol. The van der Waals surface area contributed by atoms with Crippen LogP contribution in [0.15, 0.2) is 27.5 Å². The Bertz CT molecular complexity index is 572. The fourth-order valence-electron chi connectivity index (χ4n) is 2.39. The van der Waals surface area contributed by atoms with Crippen LogP contribution in [-0.2, 0) is 0 Å². The van der Waals surface area contributed by atoms with Crippen LogP contribution in [0.4, 0.5) is 0 Å². The Hall–Kier alpha value is -1.62. The Labute approximate surface area is 91.3 Å². The lowest BCUT2D eigenvalue weighted by Crippen LogP contribution is -2.26. The van der Waals surface area contributed by atoms with Gasteiger partial charge in [-0.3, -0.25) is 4.57 Å². The number of hydrogen-bond acceptors (Lipinski definition) is 4. The van der Waals surface area contributed by atoms with Gasteiger partial charge in [-0.15, -0.1) is 0 Å². The molecule has 0 aromatic carbocycles. The maximum atomic E-state index is 11.7. The Kier molecular flexibility index (Phi) is 2.07. The van der Waals surface area contributed by atoms with Crippen LogP contribution in [0.3, 0.4) is 0 Å². The van der Waals surface area contributed by atoms with Crippen molar-refractivity contribution in [3.05, 3.63) is 28.9 Å². The molecule has 1 aliphatic rings. The van der Waals surface area contributed by atoms with Crippen LogP contribution in [0.5, 0.6) is 0 Å².